The van der Waals surface area contributed by atoms with Gasteiger partial charge < -0.3 is 14.8 Å². The molecule has 2 aliphatic heterocycles. The van der Waals surface area contributed by atoms with Crippen molar-refractivity contribution >= 4 is 32.7 Å². The Bertz CT molecular complexity index is 654. The van der Waals surface area contributed by atoms with Crippen molar-refractivity contribution < 1.29 is 14.3 Å². The van der Waals surface area contributed by atoms with Crippen LogP contribution in [0.1, 0.15) is 0 Å². The number of thiazole rings is 1. The summed E-state index contributed by atoms with van der Waals surface area (Å²) in [6.07, 6.45) is 0. The molecule has 0 bridgehead atoms. The lowest BCUT2D eigenvalue weighted by molar-refractivity contribution is 0.174. The number of urea groups is 1. The zero-order chi connectivity index (χ0) is 12.1. The van der Waals surface area contributed by atoms with Crippen LogP contribution in [0.5, 0.6) is 11.5 Å². The van der Waals surface area contributed by atoms with Gasteiger partial charge in [0.1, 0.15) is 5.52 Å². The van der Waals surface area contributed by atoms with Crippen molar-refractivity contribution in [3.63, 3.8) is 0 Å². The van der Waals surface area contributed by atoms with E-state index in [9.17, 15) is 4.79 Å². The van der Waals surface area contributed by atoms with Crippen LogP contribution < -0.4 is 19.7 Å². The minimum absolute atomic E-state index is 0.0946. The smallest absolute Gasteiger partial charge is 0.323 e. The number of aromatic nitrogens is 1. The van der Waals surface area contributed by atoms with E-state index < -0.39 is 0 Å². The molecule has 0 aliphatic carbocycles. The van der Waals surface area contributed by atoms with Gasteiger partial charge in [-0.25, -0.2) is 9.78 Å². The van der Waals surface area contributed by atoms with Crippen LogP contribution in [0.15, 0.2) is 12.1 Å². The van der Waals surface area contributed by atoms with Crippen molar-refractivity contribution in [2.24, 2.45) is 0 Å². The van der Waals surface area contributed by atoms with E-state index in [0.29, 0.717) is 29.7 Å². The highest BCUT2D eigenvalue weighted by atomic mass is 32.1. The van der Waals surface area contributed by atoms with Gasteiger partial charge in [0.05, 0.1) is 4.70 Å². The van der Waals surface area contributed by atoms with Crippen molar-refractivity contribution in [3.05, 3.63) is 12.1 Å². The van der Waals surface area contributed by atoms with E-state index in [0.717, 1.165) is 10.2 Å². The van der Waals surface area contributed by atoms with Crippen molar-refractivity contribution in [2.75, 3.05) is 24.8 Å². The van der Waals surface area contributed by atoms with Crippen molar-refractivity contribution in [1.29, 1.82) is 0 Å². The first kappa shape index (κ1) is 9.95. The quantitative estimate of drug-likeness (QED) is 0.848. The number of nitrogens with one attached hydrogen (secondary N) is 1. The Morgan fingerprint density at radius 3 is 3.17 bits per heavy atom. The molecule has 2 amide bonds. The number of nitrogens with zero attached hydrogens (tertiary/aromatic N) is 2. The fourth-order valence-electron chi connectivity index (χ4n) is 2.11. The predicted molar refractivity (Wildman–Crippen MR) is 66.5 cm³/mol. The second-order valence-electron chi connectivity index (χ2n) is 4.03. The standard InChI is InChI=1S/C11H9N3O3S/c15-10-12-3-4-14(10)11-13-8-7(18-11)2-1-6-9(8)17-5-16-6/h1-2H,3-5H2,(H,12,15). The normalized spacial score (nSPS) is 17.6. The highest BCUT2D eigenvalue weighted by Gasteiger charge is 2.26. The Kier molecular flexibility index (Phi) is 1.93. The highest BCUT2D eigenvalue weighted by molar-refractivity contribution is 7.22. The second kappa shape index (κ2) is 3.49. The topological polar surface area (TPSA) is 63.7 Å². The van der Waals surface area contributed by atoms with Crippen LogP contribution in [0, 0.1) is 0 Å². The molecule has 18 heavy (non-hydrogen) atoms. The second-order valence-corrected chi connectivity index (χ2v) is 5.04. The number of benzene rings is 1. The highest BCUT2D eigenvalue weighted by Crippen LogP contribution is 2.42. The zero-order valence-corrected chi connectivity index (χ0v) is 10.1. The van der Waals surface area contributed by atoms with E-state index >= 15 is 0 Å². The fourth-order valence-corrected chi connectivity index (χ4v) is 3.10. The van der Waals surface area contributed by atoms with Gasteiger partial charge >= 0.3 is 6.03 Å². The Morgan fingerprint density at radius 2 is 2.33 bits per heavy atom. The summed E-state index contributed by atoms with van der Waals surface area (Å²) in [6.45, 7) is 1.54. The molecule has 1 N–H and O–H groups in total. The van der Waals surface area contributed by atoms with E-state index in [1.807, 2.05) is 12.1 Å². The number of carbonyl (C=O) groups excluding carboxylic acids is 1. The number of ether oxygens (including phenoxy) is 2. The Morgan fingerprint density at radius 1 is 1.39 bits per heavy atom. The molecular weight excluding hydrogens is 254 g/mol. The molecule has 6 nitrogen and oxygen atoms in total. The van der Waals surface area contributed by atoms with Crippen molar-refractivity contribution in [3.8, 4) is 11.5 Å². The van der Waals surface area contributed by atoms with E-state index in [1.54, 1.807) is 4.90 Å². The molecule has 0 spiro atoms. The Labute approximate surface area is 106 Å². The number of hydrogen-bond donors (Lipinski definition) is 1. The van der Waals surface area contributed by atoms with Crippen molar-refractivity contribution in [2.45, 2.75) is 0 Å². The van der Waals surface area contributed by atoms with E-state index in [2.05, 4.69) is 10.3 Å². The fraction of sp³-hybridized carbons (Fsp3) is 0.273. The molecule has 92 valence electrons. The van der Waals surface area contributed by atoms with Crippen LogP contribution in [0.25, 0.3) is 10.2 Å². The average Bonchev–Trinajstić information content (AvgIpc) is 3.04. The summed E-state index contributed by atoms with van der Waals surface area (Å²) in [5.74, 6) is 1.39. The van der Waals surface area contributed by atoms with Gasteiger partial charge in [0.25, 0.3) is 0 Å². The minimum atomic E-state index is -0.0946. The third-order valence-corrected chi connectivity index (χ3v) is 4.02. The van der Waals surface area contributed by atoms with Crippen LogP contribution in [-0.4, -0.2) is 30.9 Å². The molecule has 0 atom stereocenters. The van der Waals surface area contributed by atoms with Gasteiger partial charge in [0.15, 0.2) is 16.6 Å². The molecule has 1 saturated heterocycles. The molecule has 1 aromatic heterocycles. The molecule has 4 rings (SSSR count). The molecule has 2 aromatic rings. The summed E-state index contributed by atoms with van der Waals surface area (Å²) in [6, 6.07) is 3.72. The molecule has 3 heterocycles. The third kappa shape index (κ3) is 1.28. The number of fused-ring (bicyclic) bond motifs is 3. The van der Waals surface area contributed by atoms with Gasteiger partial charge in [-0.3, -0.25) is 4.90 Å². The monoisotopic (exact) mass is 263 g/mol. The Hall–Kier alpha value is -2.02. The van der Waals surface area contributed by atoms with Crippen LogP contribution in [0.4, 0.5) is 9.93 Å². The lowest BCUT2D eigenvalue weighted by Crippen LogP contribution is -2.27. The molecule has 1 fully saturated rings. The van der Waals surface area contributed by atoms with Gasteiger partial charge in [-0.05, 0) is 12.1 Å². The van der Waals surface area contributed by atoms with E-state index in [4.69, 9.17) is 9.47 Å². The summed E-state index contributed by atoms with van der Waals surface area (Å²) in [5.41, 5.74) is 0.768. The maximum absolute atomic E-state index is 11.6. The van der Waals surface area contributed by atoms with Crippen LogP contribution in [0.2, 0.25) is 0 Å². The third-order valence-electron chi connectivity index (χ3n) is 2.97. The lowest BCUT2D eigenvalue weighted by atomic mass is 10.3. The molecule has 0 unspecified atom stereocenters. The lowest BCUT2D eigenvalue weighted by Gasteiger charge is -2.08. The zero-order valence-electron chi connectivity index (χ0n) is 9.30. The van der Waals surface area contributed by atoms with Crippen LogP contribution >= 0.6 is 11.3 Å². The Balaban J connectivity index is 1.87. The summed E-state index contributed by atoms with van der Waals surface area (Å²) in [5, 5.41) is 3.46. The van der Waals surface area contributed by atoms with Gasteiger partial charge in [-0.15, -0.1) is 0 Å². The number of rotatable bonds is 1. The van der Waals surface area contributed by atoms with Crippen molar-refractivity contribution in [1.82, 2.24) is 10.3 Å². The van der Waals surface area contributed by atoms with Crippen LogP contribution in [-0.2, 0) is 0 Å². The first-order valence-electron chi connectivity index (χ1n) is 5.57. The van der Waals surface area contributed by atoms with Gasteiger partial charge in [-0.2, -0.15) is 0 Å². The molecule has 2 aliphatic rings. The van der Waals surface area contributed by atoms with Crippen LogP contribution in [0.3, 0.4) is 0 Å². The first-order chi connectivity index (χ1) is 8.83. The number of carbonyl (C=O) groups is 1. The number of amides is 2. The first-order valence-corrected chi connectivity index (χ1v) is 6.39. The largest absolute Gasteiger partial charge is 0.454 e. The number of hydrogen-bond acceptors (Lipinski definition) is 5. The molecule has 7 heteroatoms. The summed E-state index contributed by atoms with van der Waals surface area (Å²) in [7, 11) is 0. The minimum Gasteiger partial charge on any atom is -0.454 e. The molecule has 0 radical (unpaired) electrons. The molecule has 1 aromatic carbocycles. The van der Waals surface area contributed by atoms with E-state index in [-0.39, 0.29) is 12.8 Å². The van der Waals surface area contributed by atoms with E-state index in [1.165, 1.54) is 11.3 Å². The van der Waals surface area contributed by atoms with Gasteiger partial charge in [-0.1, -0.05) is 11.3 Å². The van der Waals surface area contributed by atoms with Gasteiger partial charge in [0, 0.05) is 13.1 Å². The summed E-state index contributed by atoms with van der Waals surface area (Å²) < 4.78 is 11.7. The predicted octanol–water partition coefficient (Wildman–Crippen LogP) is 1.55. The maximum atomic E-state index is 11.6. The summed E-state index contributed by atoms with van der Waals surface area (Å²) >= 11 is 1.48. The number of anilines is 1. The van der Waals surface area contributed by atoms with Gasteiger partial charge in [0.2, 0.25) is 6.79 Å². The average molecular weight is 263 g/mol. The molecular formula is C11H9N3O3S. The molecule has 0 saturated carbocycles. The maximum Gasteiger partial charge on any atom is 0.323 e. The SMILES string of the molecule is O=C1NCCN1c1nc2c3c(ccc2s1)OCO3. The summed E-state index contributed by atoms with van der Waals surface area (Å²) in [4.78, 5) is 17.8.